The lowest BCUT2D eigenvalue weighted by molar-refractivity contribution is 0.0947. The molecule has 1 fully saturated rings. The number of carbonyl (C=O) groups is 1. The molecule has 1 amide bonds. The third-order valence-corrected chi connectivity index (χ3v) is 5.28. The Kier molecular flexibility index (Phi) is 5.65. The van der Waals surface area contributed by atoms with Gasteiger partial charge in [-0.15, -0.1) is 11.3 Å². The van der Waals surface area contributed by atoms with Crippen LogP contribution in [0, 0.1) is 0 Å². The van der Waals surface area contributed by atoms with Crippen LogP contribution in [-0.4, -0.2) is 43.3 Å². The highest BCUT2D eigenvalue weighted by atomic mass is 32.1. The molecule has 0 aromatic carbocycles. The molecular formula is C16H26N2O2S. The molecule has 1 saturated heterocycles. The van der Waals surface area contributed by atoms with Crippen molar-refractivity contribution in [3.63, 3.8) is 0 Å². The normalized spacial score (nSPS) is 17.0. The van der Waals surface area contributed by atoms with Gasteiger partial charge in [0.2, 0.25) is 0 Å². The summed E-state index contributed by atoms with van der Waals surface area (Å²) in [6.45, 7) is 9.40. The van der Waals surface area contributed by atoms with E-state index in [0.717, 1.165) is 32.5 Å². The van der Waals surface area contributed by atoms with Gasteiger partial charge >= 0.3 is 6.09 Å². The van der Waals surface area contributed by atoms with E-state index in [0.29, 0.717) is 12.6 Å². The van der Waals surface area contributed by atoms with Gasteiger partial charge in [-0.05, 0) is 31.2 Å². The number of carbonyl (C=O) groups excluding carboxylic acids is 1. The van der Waals surface area contributed by atoms with E-state index in [2.05, 4.69) is 36.7 Å². The van der Waals surface area contributed by atoms with Crippen molar-refractivity contribution in [2.24, 2.45) is 0 Å². The molecular weight excluding hydrogens is 284 g/mol. The Morgan fingerprint density at radius 2 is 2.19 bits per heavy atom. The van der Waals surface area contributed by atoms with Crippen LogP contribution in [-0.2, 0) is 10.2 Å². The van der Waals surface area contributed by atoms with Gasteiger partial charge < -0.3 is 15.0 Å². The summed E-state index contributed by atoms with van der Waals surface area (Å²) in [6, 6.07) is 4.81. The molecule has 1 aromatic heterocycles. The molecule has 1 aromatic rings. The van der Waals surface area contributed by atoms with Crippen molar-refractivity contribution < 1.29 is 9.53 Å². The number of thiophene rings is 1. The van der Waals surface area contributed by atoms with Gasteiger partial charge in [-0.1, -0.05) is 19.9 Å². The Bertz CT molecular complexity index is 437. The van der Waals surface area contributed by atoms with Crippen LogP contribution in [0.4, 0.5) is 4.79 Å². The van der Waals surface area contributed by atoms with Gasteiger partial charge in [-0.2, -0.15) is 0 Å². The van der Waals surface area contributed by atoms with Gasteiger partial charge in [0.25, 0.3) is 0 Å². The SMILES string of the molecule is CCOC(=O)N1CCC(NCC(C)(C)c2cccs2)CC1. The molecule has 1 N–H and O–H groups in total. The van der Waals surface area contributed by atoms with Gasteiger partial charge in [0.05, 0.1) is 6.61 Å². The summed E-state index contributed by atoms with van der Waals surface area (Å²) in [5.41, 5.74) is 0.159. The first kappa shape index (κ1) is 16.3. The fourth-order valence-electron chi connectivity index (χ4n) is 2.63. The predicted molar refractivity (Wildman–Crippen MR) is 87.0 cm³/mol. The maximum absolute atomic E-state index is 11.7. The monoisotopic (exact) mass is 310 g/mol. The van der Waals surface area contributed by atoms with Crippen molar-refractivity contribution in [1.29, 1.82) is 0 Å². The minimum absolute atomic E-state index is 0.159. The summed E-state index contributed by atoms with van der Waals surface area (Å²) >= 11 is 1.82. The molecule has 0 unspecified atom stereocenters. The van der Waals surface area contributed by atoms with Crippen LogP contribution in [0.3, 0.4) is 0 Å². The third-order valence-electron chi connectivity index (χ3n) is 4.04. The summed E-state index contributed by atoms with van der Waals surface area (Å²) < 4.78 is 5.05. The lowest BCUT2D eigenvalue weighted by Crippen LogP contribution is -2.47. The minimum Gasteiger partial charge on any atom is -0.450 e. The van der Waals surface area contributed by atoms with Crippen LogP contribution >= 0.6 is 11.3 Å². The van der Waals surface area contributed by atoms with Crippen molar-refractivity contribution in [2.45, 2.75) is 45.1 Å². The van der Waals surface area contributed by atoms with E-state index in [1.165, 1.54) is 4.88 Å². The van der Waals surface area contributed by atoms with Gasteiger partial charge in [-0.3, -0.25) is 0 Å². The van der Waals surface area contributed by atoms with E-state index in [1.807, 2.05) is 23.2 Å². The van der Waals surface area contributed by atoms with Crippen molar-refractivity contribution >= 4 is 17.4 Å². The number of piperidine rings is 1. The Morgan fingerprint density at radius 3 is 2.76 bits per heavy atom. The highest BCUT2D eigenvalue weighted by molar-refractivity contribution is 7.10. The summed E-state index contributed by atoms with van der Waals surface area (Å²) in [5.74, 6) is 0. The number of likely N-dealkylation sites (tertiary alicyclic amines) is 1. The van der Waals surface area contributed by atoms with Crippen molar-refractivity contribution in [1.82, 2.24) is 10.2 Å². The highest BCUT2D eigenvalue weighted by Gasteiger charge is 2.26. The number of hydrogen-bond acceptors (Lipinski definition) is 4. The summed E-state index contributed by atoms with van der Waals surface area (Å²) in [5, 5.41) is 5.80. The first-order chi connectivity index (χ1) is 10.0. The standard InChI is InChI=1S/C16H26N2O2S/c1-4-20-15(19)18-9-7-13(8-10-18)17-12-16(2,3)14-6-5-11-21-14/h5-6,11,13,17H,4,7-10,12H2,1-3H3. The predicted octanol–water partition coefficient (Wildman–Crippen LogP) is 3.24. The molecule has 118 valence electrons. The van der Waals surface area contributed by atoms with Crippen LogP contribution in [0.25, 0.3) is 0 Å². The van der Waals surface area contributed by atoms with E-state index < -0.39 is 0 Å². The van der Waals surface area contributed by atoms with E-state index in [-0.39, 0.29) is 11.5 Å². The summed E-state index contributed by atoms with van der Waals surface area (Å²) in [6.07, 6.45) is 1.83. The molecule has 2 rings (SSSR count). The fourth-order valence-corrected chi connectivity index (χ4v) is 3.48. The average molecular weight is 310 g/mol. The number of nitrogens with zero attached hydrogens (tertiary/aromatic N) is 1. The Morgan fingerprint density at radius 1 is 1.48 bits per heavy atom. The molecule has 1 aliphatic heterocycles. The molecule has 0 atom stereocenters. The van der Waals surface area contributed by atoms with Crippen LogP contribution in [0.2, 0.25) is 0 Å². The average Bonchev–Trinajstić information content (AvgIpc) is 3.01. The first-order valence-corrected chi connectivity index (χ1v) is 8.60. The molecule has 0 radical (unpaired) electrons. The first-order valence-electron chi connectivity index (χ1n) is 7.72. The van der Waals surface area contributed by atoms with Gasteiger partial charge in [-0.25, -0.2) is 4.79 Å². The second kappa shape index (κ2) is 7.27. The molecule has 21 heavy (non-hydrogen) atoms. The van der Waals surface area contributed by atoms with Crippen LogP contribution < -0.4 is 5.32 Å². The van der Waals surface area contributed by atoms with Crippen LogP contribution in [0.1, 0.15) is 38.5 Å². The Labute approximate surface area is 131 Å². The number of nitrogens with one attached hydrogen (secondary N) is 1. The Balaban J connectivity index is 1.75. The molecule has 5 heteroatoms. The zero-order chi connectivity index (χ0) is 15.3. The molecule has 0 bridgehead atoms. The lowest BCUT2D eigenvalue weighted by Gasteiger charge is -2.34. The van der Waals surface area contributed by atoms with Gasteiger partial charge in [0.15, 0.2) is 0 Å². The number of rotatable bonds is 5. The van der Waals surface area contributed by atoms with E-state index in [9.17, 15) is 4.79 Å². The number of hydrogen-bond donors (Lipinski definition) is 1. The minimum atomic E-state index is -0.171. The van der Waals surface area contributed by atoms with E-state index in [1.54, 1.807) is 0 Å². The topological polar surface area (TPSA) is 41.6 Å². The quantitative estimate of drug-likeness (QED) is 0.908. The lowest BCUT2D eigenvalue weighted by atomic mass is 9.90. The van der Waals surface area contributed by atoms with Crippen molar-refractivity contribution in [3.05, 3.63) is 22.4 Å². The van der Waals surface area contributed by atoms with Crippen molar-refractivity contribution in [3.8, 4) is 0 Å². The van der Waals surface area contributed by atoms with Crippen molar-refractivity contribution in [2.75, 3.05) is 26.2 Å². The highest BCUT2D eigenvalue weighted by Crippen LogP contribution is 2.27. The van der Waals surface area contributed by atoms with Gasteiger partial charge in [0.1, 0.15) is 0 Å². The van der Waals surface area contributed by atoms with E-state index in [4.69, 9.17) is 4.74 Å². The zero-order valence-electron chi connectivity index (χ0n) is 13.2. The second-order valence-corrected chi connectivity index (χ2v) is 7.15. The molecule has 4 nitrogen and oxygen atoms in total. The molecule has 0 spiro atoms. The summed E-state index contributed by atoms with van der Waals surface area (Å²) in [4.78, 5) is 14.9. The molecule has 0 saturated carbocycles. The smallest absolute Gasteiger partial charge is 0.409 e. The Hall–Kier alpha value is -1.07. The molecule has 2 heterocycles. The maximum atomic E-state index is 11.7. The molecule has 1 aliphatic rings. The number of ether oxygens (including phenoxy) is 1. The second-order valence-electron chi connectivity index (χ2n) is 6.20. The van der Waals surface area contributed by atoms with Crippen LogP contribution in [0.5, 0.6) is 0 Å². The fraction of sp³-hybridized carbons (Fsp3) is 0.688. The zero-order valence-corrected chi connectivity index (χ0v) is 14.0. The van der Waals surface area contributed by atoms with Gasteiger partial charge in [0, 0.05) is 36.0 Å². The summed E-state index contributed by atoms with van der Waals surface area (Å²) in [7, 11) is 0. The van der Waals surface area contributed by atoms with Crippen LogP contribution in [0.15, 0.2) is 17.5 Å². The maximum Gasteiger partial charge on any atom is 0.409 e. The largest absolute Gasteiger partial charge is 0.450 e. The van der Waals surface area contributed by atoms with E-state index >= 15 is 0 Å². The molecule has 0 aliphatic carbocycles. The number of amides is 1. The third kappa shape index (κ3) is 4.45.